The number of hydrogen-bond acceptors (Lipinski definition) is 5. The highest BCUT2D eigenvalue weighted by Crippen LogP contribution is 2.13. The summed E-state index contributed by atoms with van der Waals surface area (Å²) in [6.07, 6.45) is 1.17. The lowest BCUT2D eigenvalue weighted by molar-refractivity contribution is 0.0472. The van der Waals surface area contributed by atoms with Crippen LogP contribution in [0, 0.1) is 0 Å². The molecule has 0 heterocycles. The van der Waals surface area contributed by atoms with Crippen LogP contribution in [-0.4, -0.2) is 27.8 Å². The summed E-state index contributed by atoms with van der Waals surface area (Å²) >= 11 is 0. The third-order valence-electron chi connectivity index (χ3n) is 3.15. The van der Waals surface area contributed by atoms with Gasteiger partial charge in [-0.2, -0.15) is 0 Å². The summed E-state index contributed by atoms with van der Waals surface area (Å²) in [5.41, 5.74) is 1.88. The largest absolute Gasteiger partial charge is 0.497 e. The van der Waals surface area contributed by atoms with E-state index in [0.29, 0.717) is 11.1 Å². The van der Waals surface area contributed by atoms with Crippen LogP contribution in [0.2, 0.25) is 0 Å². The number of rotatable bonds is 6. The number of methoxy groups -OCH3 is 1. The topological polar surface area (TPSA) is 69.7 Å². The molecule has 122 valence electrons. The fourth-order valence-electron chi connectivity index (χ4n) is 1.99. The average molecular weight is 334 g/mol. The molecule has 0 spiro atoms. The standard InChI is InChI=1S/C17H18O5S/c1-21-16-9-5-13(6-10-16)11-22-17(18)15-7-3-14(4-8-15)12-23(2,19)20/h3-10H,11-12H2,1-2H3. The molecule has 0 bridgehead atoms. The minimum Gasteiger partial charge on any atom is -0.497 e. The molecule has 2 rings (SSSR count). The van der Waals surface area contributed by atoms with Crippen LogP contribution in [0.1, 0.15) is 21.5 Å². The summed E-state index contributed by atoms with van der Waals surface area (Å²) in [5, 5.41) is 0. The molecule has 0 amide bonds. The first-order chi connectivity index (χ1) is 10.9. The highest BCUT2D eigenvalue weighted by molar-refractivity contribution is 7.89. The van der Waals surface area contributed by atoms with Crippen LogP contribution in [0.25, 0.3) is 0 Å². The predicted octanol–water partition coefficient (Wildman–Crippen LogP) is 2.60. The second kappa shape index (κ2) is 7.28. The van der Waals surface area contributed by atoms with Gasteiger partial charge >= 0.3 is 5.97 Å². The van der Waals surface area contributed by atoms with Crippen LogP contribution in [0.5, 0.6) is 5.75 Å². The number of carbonyl (C=O) groups excluding carboxylic acids is 1. The lowest BCUT2D eigenvalue weighted by Gasteiger charge is -2.07. The SMILES string of the molecule is COc1ccc(COC(=O)c2ccc(CS(C)(=O)=O)cc2)cc1. The Kier molecular flexibility index (Phi) is 5.39. The van der Waals surface area contributed by atoms with Gasteiger partial charge in [0.05, 0.1) is 18.4 Å². The summed E-state index contributed by atoms with van der Waals surface area (Å²) in [6.45, 7) is 0.161. The van der Waals surface area contributed by atoms with E-state index in [1.807, 2.05) is 12.1 Å². The Labute approximate surface area is 135 Å². The first-order valence-electron chi connectivity index (χ1n) is 6.94. The predicted molar refractivity (Wildman–Crippen MR) is 87.1 cm³/mol. The molecule has 0 aliphatic carbocycles. The Morgan fingerprint density at radius 3 is 2.04 bits per heavy atom. The van der Waals surface area contributed by atoms with Gasteiger partial charge in [0.15, 0.2) is 9.84 Å². The maximum atomic E-state index is 12.0. The summed E-state index contributed by atoms with van der Waals surface area (Å²) in [6, 6.07) is 13.6. The number of ether oxygens (including phenoxy) is 2. The van der Waals surface area contributed by atoms with Crippen molar-refractivity contribution in [3.8, 4) is 5.75 Å². The van der Waals surface area contributed by atoms with E-state index in [1.165, 1.54) is 6.26 Å². The lowest BCUT2D eigenvalue weighted by atomic mass is 10.1. The van der Waals surface area contributed by atoms with Crippen LogP contribution in [0.4, 0.5) is 0 Å². The molecule has 0 radical (unpaired) electrons. The van der Waals surface area contributed by atoms with Gasteiger partial charge in [0.1, 0.15) is 12.4 Å². The maximum absolute atomic E-state index is 12.0. The van der Waals surface area contributed by atoms with Gasteiger partial charge in [-0.25, -0.2) is 13.2 Å². The molecule has 0 saturated carbocycles. The molecule has 0 atom stereocenters. The van der Waals surface area contributed by atoms with Crippen molar-refractivity contribution in [1.82, 2.24) is 0 Å². The van der Waals surface area contributed by atoms with Crippen LogP contribution in [0.15, 0.2) is 48.5 Å². The Morgan fingerprint density at radius 2 is 1.52 bits per heavy atom. The van der Waals surface area contributed by atoms with Gasteiger partial charge in [-0.1, -0.05) is 24.3 Å². The quantitative estimate of drug-likeness (QED) is 0.760. The number of esters is 1. The minimum atomic E-state index is -3.09. The highest BCUT2D eigenvalue weighted by atomic mass is 32.2. The normalized spacial score (nSPS) is 11.0. The molecule has 5 nitrogen and oxygen atoms in total. The zero-order valence-electron chi connectivity index (χ0n) is 13.0. The highest BCUT2D eigenvalue weighted by Gasteiger charge is 2.09. The molecule has 0 N–H and O–H groups in total. The van der Waals surface area contributed by atoms with E-state index in [-0.39, 0.29) is 12.4 Å². The summed E-state index contributed by atoms with van der Waals surface area (Å²) in [4.78, 5) is 12.0. The molecule has 0 unspecified atom stereocenters. The summed E-state index contributed by atoms with van der Waals surface area (Å²) in [5.74, 6) is 0.238. The van der Waals surface area contributed by atoms with Crippen LogP contribution in [-0.2, 0) is 26.9 Å². The zero-order chi connectivity index (χ0) is 16.9. The van der Waals surface area contributed by atoms with E-state index < -0.39 is 15.8 Å². The Morgan fingerprint density at radius 1 is 0.957 bits per heavy atom. The van der Waals surface area contributed by atoms with Crippen LogP contribution in [0.3, 0.4) is 0 Å². The third kappa shape index (κ3) is 5.41. The van der Waals surface area contributed by atoms with Crippen molar-refractivity contribution in [3.05, 3.63) is 65.2 Å². The monoisotopic (exact) mass is 334 g/mol. The van der Waals surface area contributed by atoms with Gasteiger partial charge in [0.25, 0.3) is 0 Å². The van der Waals surface area contributed by atoms with Gasteiger partial charge in [-0.05, 0) is 35.4 Å². The van der Waals surface area contributed by atoms with Crippen LogP contribution < -0.4 is 4.74 Å². The lowest BCUT2D eigenvalue weighted by Crippen LogP contribution is -2.06. The molecule has 0 fully saturated rings. The first-order valence-corrected chi connectivity index (χ1v) is 9.00. The van der Waals surface area contributed by atoms with E-state index in [1.54, 1.807) is 43.5 Å². The number of hydrogen-bond donors (Lipinski definition) is 0. The van der Waals surface area contributed by atoms with Gasteiger partial charge in [0, 0.05) is 6.26 Å². The van der Waals surface area contributed by atoms with Crippen molar-refractivity contribution in [3.63, 3.8) is 0 Å². The molecule has 0 aliphatic rings. The van der Waals surface area contributed by atoms with E-state index >= 15 is 0 Å². The van der Waals surface area contributed by atoms with Crippen molar-refractivity contribution in [2.45, 2.75) is 12.4 Å². The van der Waals surface area contributed by atoms with Gasteiger partial charge in [-0.3, -0.25) is 0 Å². The zero-order valence-corrected chi connectivity index (χ0v) is 13.8. The molecule has 6 heteroatoms. The van der Waals surface area contributed by atoms with E-state index in [2.05, 4.69) is 0 Å². The van der Waals surface area contributed by atoms with E-state index in [4.69, 9.17) is 9.47 Å². The maximum Gasteiger partial charge on any atom is 0.338 e. The Bertz CT molecular complexity index is 762. The molecule has 2 aromatic rings. The summed E-state index contributed by atoms with van der Waals surface area (Å²) < 4.78 is 32.7. The molecule has 0 saturated heterocycles. The number of benzene rings is 2. The van der Waals surface area contributed by atoms with Crippen molar-refractivity contribution in [1.29, 1.82) is 0 Å². The fourth-order valence-corrected chi connectivity index (χ4v) is 2.79. The Hall–Kier alpha value is -2.34. The van der Waals surface area contributed by atoms with Gasteiger partial charge in [0.2, 0.25) is 0 Å². The van der Waals surface area contributed by atoms with Crippen molar-refractivity contribution in [2.75, 3.05) is 13.4 Å². The number of sulfone groups is 1. The fraction of sp³-hybridized carbons (Fsp3) is 0.235. The van der Waals surface area contributed by atoms with Crippen molar-refractivity contribution in [2.24, 2.45) is 0 Å². The van der Waals surface area contributed by atoms with E-state index in [0.717, 1.165) is 11.3 Å². The molecular weight excluding hydrogens is 316 g/mol. The number of carbonyl (C=O) groups is 1. The molecule has 0 aromatic heterocycles. The smallest absolute Gasteiger partial charge is 0.338 e. The van der Waals surface area contributed by atoms with Crippen molar-refractivity contribution < 1.29 is 22.7 Å². The van der Waals surface area contributed by atoms with Gasteiger partial charge in [-0.15, -0.1) is 0 Å². The summed E-state index contributed by atoms with van der Waals surface area (Å²) in [7, 11) is -1.50. The molecular formula is C17H18O5S. The second-order valence-corrected chi connectivity index (χ2v) is 7.33. The van der Waals surface area contributed by atoms with Crippen molar-refractivity contribution >= 4 is 15.8 Å². The minimum absolute atomic E-state index is 0.0474. The molecule has 2 aromatic carbocycles. The average Bonchev–Trinajstić information content (AvgIpc) is 2.52. The Balaban J connectivity index is 1.94. The molecule has 0 aliphatic heterocycles. The van der Waals surface area contributed by atoms with Crippen LogP contribution >= 0.6 is 0 Å². The first kappa shape index (κ1) is 17.0. The molecule has 23 heavy (non-hydrogen) atoms. The van der Waals surface area contributed by atoms with Gasteiger partial charge < -0.3 is 9.47 Å². The second-order valence-electron chi connectivity index (χ2n) is 5.19. The van der Waals surface area contributed by atoms with E-state index in [9.17, 15) is 13.2 Å². The third-order valence-corrected chi connectivity index (χ3v) is 4.01.